The van der Waals surface area contributed by atoms with Crippen LogP contribution < -0.4 is 14.3 Å². The van der Waals surface area contributed by atoms with Gasteiger partial charge >= 0.3 is 0 Å². The van der Waals surface area contributed by atoms with Crippen LogP contribution in [0.1, 0.15) is 5.56 Å². The Hall–Kier alpha value is -3.78. The topological polar surface area (TPSA) is 48.1 Å². The summed E-state index contributed by atoms with van der Waals surface area (Å²) in [6.45, 7) is 0.199. The van der Waals surface area contributed by atoms with E-state index in [1.165, 1.54) is 35.6 Å². The largest absolute Gasteiger partial charge is 0.454 e. The van der Waals surface area contributed by atoms with Crippen molar-refractivity contribution in [1.29, 1.82) is 0 Å². The maximum atomic E-state index is 13.4. The molecular weight excluding hydrogens is 420 g/mol. The van der Waals surface area contributed by atoms with Crippen LogP contribution in [0.2, 0.25) is 0 Å². The highest BCUT2D eigenvalue weighted by molar-refractivity contribution is 7.07. The van der Waals surface area contributed by atoms with Crippen LogP contribution in [0, 0.1) is 11.6 Å². The molecule has 8 heteroatoms. The van der Waals surface area contributed by atoms with Crippen molar-refractivity contribution in [2.45, 2.75) is 0 Å². The Bertz CT molecular complexity index is 1330. The summed E-state index contributed by atoms with van der Waals surface area (Å²) in [6, 6.07) is 17.6. The first-order valence-corrected chi connectivity index (χ1v) is 10.2. The van der Waals surface area contributed by atoms with Crippen LogP contribution in [-0.2, 0) is 0 Å². The predicted octanol–water partition coefficient (Wildman–Crippen LogP) is 5.34. The lowest BCUT2D eigenvalue weighted by molar-refractivity contribution is 0.174. The SMILES string of the molecule is Fc1ccc(N=c2scc(-c3ccc(F)cc3)n2N=Cc2ccc3c(c2)OCO3)cc1. The number of thiazole rings is 1. The fourth-order valence-corrected chi connectivity index (χ4v) is 3.91. The molecule has 1 aliphatic rings. The van der Waals surface area contributed by atoms with E-state index in [1.54, 1.807) is 35.2 Å². The van der Waals surface area contributed by atoms with E-state index < -0.39 is 0 Å². The van der Waals surface area contributed by atoms with Crippen LogP contribution in [0.15, 0.2) is 82.2 Å². The number of rotatable bonds is 4. The number of benzene rings is 3. The number of nitrogens with zero attached hydrogens (tertiary/aromatic N) is 3. The molecule has 154 valence electrons. The van der Waals surface area contributed by atoms with Gasteiger partial charge in [-0.05, 0) is 72.3 Å². The van der Waals surface area contributed by atoms with Gasteiger partial charge in [0.2, 0.25) is 11.6 Å². The number of fused-ring (bicyclic) bond motifs is 1. The van der Waals surface area contributed by atoms with Gasteiger partial charge in [0.25, 0.3) is 0 Å². The average molecular weight is 435 g/mol. The lowest BCUT2D eigenvalue weighted by Crippen LogP contribution is -2.11. The van der Waals surface area contributed by atoms with Gasteiger partial charge in [-0.1, -0.05) is 0 Å². The molecule has 1 aliphatic heterocycles. The summed E-state index contributed by atoms with van der Waals surface area (Å²) in [6.07, 6.45) is 1.69. The van der Waals surface area contributed by atoms with Crippen molar-refractivity contribution in [2.24, 2.45) is 10.1 Å². The molecule has 4 aromatic rings. The zero-order chi connectivity index (χ0) is 21.2. The maximum Gasteiger partial charge on any atom is 0.231 e. The summed E-state index contributed by atoms with van der Waals surface area (Å²) in [5.41, 5.74) is 2.96. The molecule has 0 fully saturated rings. The summed E-state index contributed by atoms with van der Waals surface area (Å²) >= 11 is 1.38. The second-order valence-electron chi connectivity index (χ2n) is 6.67. The van der Waals surface area contributed by atoms with E-state index in [0.29, 0.717) is 22.0 Å². The molecule has 5 rings (SSSR count). The van der Waals surface area contributed by atoms with E-state index in [4.69, 9.17) is 9.47 Å². The number of aromatic nitrogens is 1. The number of ether oxygens (including phenoxy) is 2. The molecule has 0 unspecified atom stereocenters. The fourth-order valence-electron chi connectivity index (χ4n) is 3.05. The van der Waals surface area contributed by atoms with Crippen LogP contribution >= 0.6 is 11.3 Å². The van der Waals surface area contributed by atoms with E-state index >= 15 is 0 Å². The second kappa shape index (κ2) is 8.16. The quantitative estimate of drug-likeness (QED) is 0.407. The van der Waals surface area contributed by atoms with Crippen LogP contribution in [0.3, 0.4) is 0 Å². The smallest absolute Gasteiger partial charge is 0.231 e. The third-order valence-corrected chi connectivity index (χ3v) is 5.41. The summed E-state index contributed by atoms with van der Waals surface area (Å²) < 4.78 is 39.1. The lowest BCUT2D eigenvalue weighted by atomic mass is 10.2. The monoisotopic (exact) mass is 435 g/mol. The minimum atomic E-state index is -0.328. The standard InChI is InChI=1S/C23H15F2N3O2S/c24-17-4-2-16(3-5-17)20-13-31-23(27-19-8-6-18(25)7-9-19)28(20)26-12-15-1-10-21-22(11-15)30-14-29-21/h1-13H,14H2. The van der Waals surface area contributed by atoms with Gasteiger partial charge in [-0.25, -0.2) is 18.4 Å². The van der Waals surface area contributed by atoms with Crippen LogP contribution in [0.4, 0.5) is 14.5 Å². The van der Waals surface area contributed by atoms with Gasteiger partial charge in [-0.3, -0.25) is 0 Å². The molecule has 31 heavy (non-hydrogen) atoms. The highest BCUT2D eigenvalue weighted by Gasteiger charge is 2.13. The molecule has 1 aromatic heterocycles. The number of halogens is 2. The van der Waals surface area contributed by atoms with Gasteiger partial charge < -0.3 is 9.47 Å². The summed E-state index contributed by atoms with van der Waals surface area (Å²) in [4.78, 5) is 5.18. The van der Waals surface area contributed by atoms with Gasteiger partial charge in [-0.15, -0.1) is 11.3 Å². The van der Waals surface area contributed by atoms with E-state index in [9.17, 15) is 8.78 Å². The van der Waals surface area contributed by atoms with Gasteiger partial charge in [-0.2, -0.15) is 5.10 Å². The first-order chi connectivity index (χ1) is 15.2. The van der Waals surface area contributed by atoms with Gasteiger partial charge in [0, 0.05) is 10.9 Å². The number of hydrogen-bond donors (Lipinski definition) is 0. The molecule has 0 spiro atoms. The molecule has 0 amide bonds. The van der Waals surface area contributed by atoms with E-state index in [-0.39, 0.29) is 18.4 Å². The Morgan fingerprint density at radius 2 is 1.58 bits per heavy atom. The zero-order valence-corrected chi connectivity index (χ0v) is 16.9. The Morgan fingerprint density at radius 1 is 0.871 bits per heavy atom. The van der Waals surface area contributed by atoms with Gasteiger partial charge in [0.05, 0.1) is 17.6 Å². The molecule has 0 saturated heterocycles. The van der Waals surface area contributed by atoms with Crippen LogP contribution in [0.25, 0.3) is 11.3 Å². The molecule has 0 bridgehead atoms. The Kier molecular flexibility index (Phi) is 5.05. The normalized spacial score (nSPS) is 13.3. The molecule has 0 atom stereocenters. The van der Waals surface area contributed by atoms with Crippen molar-refractivity contribution < 1.29 is 18.3 Å². The van der Waals surface area contributed by atoms with Gasteiger partial charge in [0.15, 0.2) is 11.5 Å². The van der Waals surface area contributed by atoms with Crippen molar-refractivity contribution in [3.63, 3.8) is 0 Å². The maximum absolute atomic E-state index is 13.4. The average Bonchev–Trinajstić information content (AvgIpc) is 3.41. The van der Waals surface area contributed by atoms with E-state index in [0.717, 1.165) is 16.8 Å². The Balaban J connectivity index is 1.59. The molecular formula is C23H15F2N3O2S. The highest BCUT2D eigenvalue weighted by atomic mass is 32.1. The third kappa shape index (κ3) is 4.10. The summed E-state index contributed by atoms with van der Waals surface area (Å²) in [7, 11) is 0. The molecule has 0 saturated carbocycles. The third-order valence-electron chi connectivity index (χ3n) is 4.60. The molecule has 0 aliphatic carbocycles. The molecule has 3 aromatic carbocycles. The van der Waals surface area contributed by atoms with E-state index in [2.05, 4.69) is 10.1 Å². The van der Waals surface area contributed by atoms with Crippen molar-refractivity contribution in [2.75, 3.05) is 6.79 Å². The molecule has 5 nitrogen and oxygen atoms in total. The van der Waals surface area contributed by atoms with Crippen molar-refractivity contribution in [3.8, 4) is 22.8 Å². The van der Waals surface area contributed by atoms with Crippen molar-refractivity contribution in [1.82, 2.24) is 4.68 Å². The van der Waals surface area contributed by atoms with Gasteiger partial charge in [0.1, 0.15) is 11.6 Å². The minimum Gasteiger partial charge on any atom is -0.454 e. The first kappa shape index (κ1) is 19.2. The second-order valence-corrected chi connectivity index (χ2v) is 7.50. The predicted molar refractivity (Wildman–Crippen MR) is 115 cm³/mol. The van der Waals surface area contributed by atoms with Crippen LogP contribution in [0.5, 0.6) is 11.5 Å². The Labute approximate surface area is 180 Å². The van der Waals surface area contributed by atoms with Crippen LogP contribution in [-0.4, -0.2) is 17.7 Å². The zero-order valence-electron chi connectivity index (χ0n) is 16.0. The van der Waals surface area contributed by atoms with E-state index in [1.807, 2.05) is 23.6 Å². The molecule has 2 heterocycles. The molecule has 0 N–H and O–H groups in total. The first-order valence-electron chi connectivity index (χ1n) is 9.36. The fraction of sp³-hybridized carbons (Fsp3) is 0.0435. The lowest BCUT2D eigenvalue weighted by Gasteiger charge is -2.04. The Morgan fingerprint density at radius 3 is 2.35 bits per heavy atom. The summed E-state index contributed by atoms with van der Waals surface area (Å²) in [5, 5.41) is 6.51. The van der Waals surface area contributed by atoms with Crippen molar-refractivity contribution >= 4 is 23.2 Å². The minimum absolute atomic E-state index is 0.199. The highest BCUT2D eigenvalue weighted by Crippen LogP contribution is 2.32. The number of hydrogen-bond acceptors (Lipinski definition) is 5. The van der Waals surface area contributed by atoms with Crippen molar-refractivity contribution in [3.05, 3.63) is 94.1 Å². The molecule has 0 radical (unpaired) electrons. The summed E-state index contributed by atoms with van der Waals surface area (Å²) in [5.74, 6) is 0.713.